The predicted molar refractivity (Wildman–Crippen MR) is 104 cm³/mol. The van der Waals surface area contributed by atoms with Crippen LogP contribution in [0.5, 0.6) is 0 Å². The number of hydrogen-bond acceptors (Lipinski definition) is 5. The highest BCUT2D eigenvalue weighted by Crippen LogP contribution is 2.31. The fraction of sp³-hybridized carbons (Fsp3) is 0.421. The number of nitrogens with one attached hydrogen (secondary N) is 1. The number of benzene rings is 1. The van der Waals surface area contributed by atoms with Gasteiger partial charge in [0.05, 0.1) is 17.3 Å². The van der Waals surface area contributed by atoms with E-state index in [1.807, 2.05) is 6.07 Å². The first-order valence-electron chi connectivity index (χ1n) is 8.48. The predicted octanol–water partition coefficient (Wildman–Crippen LogP) is 3.85. The van der Waals surface area contributed by atoms with E-state index >= 15 is 0 Å². The van der Waals surface area contributed by atoms with Gasteiger partial charge in [0.15, 0.2) is 0 Å². The van der Waals surface area contributed by atoms with Crippen molar-refractivity contribution >= 4 is 34.7 Å². The van der Waals surface area contributed by atoms with Crippen molar-refractivity contribution in [2.24, 2.45) is 5.73 Å². The molecule has 1 aromatic heterocycles. The van der Waals surface area contributed by atoms with Gasteiger partial charge in [-0.2, -0.15) is 0 Å². The number of primary amides is 1. The van der Waals surface area contributed by atoms with Crippen molar-refractivity contribution in [2.45, 2.75) is 51.3 Å². The molecule has 1 atom stereocenters. The average molecular weight is 393 g/mol. The maximum absolute atomic E-state index is 13.9. The Kier molecular flexibility index (Phi) is 6.30. The molecule has 0 fully saturated rings. The number of amides is 2. The second-order valence-corrected chi connectivity index (χ2v) is 8.21. The quantitative estimate of drug-likeness (QED) is 0.753. The summed E-state index contributed by atoms with van der Waals surface area (Å²) in [6.45, 7) is 8.77. The van der Waals surface area contributed by atoms with E-state index in [1.54, 1.807) is 40.7 Å². The number of alkyl carbamates (subject to hydrolysis) is 1. The molecule has 1 aromatic carbocycles. The number of carbonyl (C=O) groups is 2. The van der Waals surface area contributed by atoms with Crippen LogP contribution >= 0.6 is 11.8 Å². The van der Waals surface area contributed by atoms with Crippen molar-refractivity contribution in [1.82, 2.24) is 10.3 Å². The molecular formula is C19H24FN3O3S. The number of aromatic nitrogens is 1. The van der Waals surface area contributed by atoms with E-state index in [4.69, 9.17) is 10.5 Å². The van der Waals surface area contributed by atoms with Gasteiger partial charge in [0, 0.05) is 16.5 Å². The number of halogens is 1. The minimum atomic E-state index is -0.621. The Morgan fingerprint density at radius 1 is 1.37 bits per heavy atom. The normalized spacial score (nSPS) is 12.7. The molecule has 2 aromatic rings. The third-order valence-corrected chi connectivity index (χ3v) is 4.75. The molecule has 0 bridgehead atoms. The number of nitrogens with two attached hydrogens (primary N) is 1. The summed E-state index contributed by atoms with van der Waals surface area (Å²) in [5.41, 5.74) is 6.26. The minimum Gasteiger partial charge on any atom is -0.444 e. The molecule has 146 valence electrons. The molecule has 0 radical (unpaired) electrons. The molecule has 0 unspecified atom stereocenters. The third-order valence-electron chi connectivity index (χ3n) is 3.72. The summed E-state index contributed by atoms with van der Waals surface area (Å²) < 4.78 is 19.2. The van der Waals surface area contributed by atoms with Crippen molar-refractivity contribution in [3.05, 3.63) is 35.1 Å². The number of fused-ring (bicyclic) bond motifs is 1. The highest BCUT2D eigenvalue weighted by molar-refractivity contribution is 7.99. The average Bonchev–Trinajstić information content (AvgIpc) is 2.54. The summed E-state index contributed by atoms with van der Waals surface area (Å²) in [5.74, 6) is -0.816. The largest absolute Gasteiger partial charge is 0.444 e. The second-order valence-electron chi connectivity index (χ2n) is 7.25. The first-order chi connectivity index (χ1) is 12.5. The number of aryl methyl sites for hydroxylation is 1. The Balaban J connectivity index is 2.42. The summed E-state index contributed by atoms with van der Waals surface area (Å²) in [4.78, 5) is 27.8. The van der Waals surface area contributed by atoms with Crippen LogP contribution in [0.2, 0.25) is 0 Å². The molecule has 0 aliphatic carbocycles. The molecule has 1 heterocycles. The summed E-state index contributed by atoms with van der Waals surface area (Å²) in [6, 6.07) is 4.42. The fourth-order valence-corrected chi connectivity index (χ4v) is 3.32. The van der Waals surface area contributed by atoms with Crippen molar-refractivity contribution in [3.8, 4) is 0 Å². The lowest BCUT2D eigenvalue weighted by atomic mass is 10.1. The van der Waals surface area contributed by atoms with Crippen LogP contribution in [0, 0.1) is 12.7 Å². The summed E-state index contributed by atoms with van der Waals surface area (Å²) in [7, 11) is 0. The second kappa shape index (κ2) is 8.12. The topological polar surface area (TPSA) is 94.3 Å². The van der Waals surface area contributed by atoms with Gasteiger partial charge in [0.2, 0.25) is 5.91 Å². The zero-order chi connectivity index (χ0) is 20.4. The van der Waals surface area contributed by atoms with Crippen molar-refractivity contribution in [2.75, 3.05) is 5.75 Å². The standard InChI is InChI=1S/C19H24FN3O3S/c1-10-14(20)7-6-12-8-13(11(2)22-18(25)26-19(3,4)5)17(23-16(10)12)27-9-15(21)24/h6-8,11H,9H2,1-5H3,(H2,21,24)(H,22,25)/t11-/m0/s1. The monoisotopic (exact) mass is 393 g/mol. The van der Waals surface area contributed by atoms with Gasteiger partial charge in [-0.25, -0.2) is 14.2 Å². The van der Waals surface area contributed by atoms with Crippen molar-refractivity contribution in [3.63, 3.8) is 0 Å². The van der Waals surface area contributed by atoms with Crippen LogP contribution in [0.4, 0.5) is 9.18 Å². The molecule has 8 heteroatoms. The summed E-state index contributed by atoms with van der Waals surface area (Å²) in [6.07, 6.45) is -0.559. The first kappa shape index (κ1) is 21.0. The lowest BCUT2D eigenvalue weighted by Gasteiger charge is -2.23. The molecule has 0 spiro atoms. The van der Waals surface area contributed by atoms with E-state index in [0.717, 1.165) is 17.1 Å². The molecule has 6 nitrogen and oxygen atoms in total. The van der Waals surface area contributed by atoms with Gasteiger partial charge in [0.1, 0.15) is 16.4 Å². The molecule has 3 N–H and O–H groups in total. The Bertz CT molecular complexity index is 881. The Morgan fingerprint density at radius 2 is 2.04 bits per heavy atom. The summed E-state index contributed by atoms with van der Waals surface area (Å²) in [5, 5.41) is 4.02. The number of ether oxygens (including phenoxy) is 1. The van der Waals surface area contributed by atoms with Crippen LogP contribution in [0.15, 0.2) is 23.2 Å². The number of hydrogen-bond donors (Lipinski definition) is 2. The highest BCUT2D eigenvalue weighted by atomic mass is 32.2. The lowest BCUT2D eigenvalue weighted by molar-refractivity contribution is -0.115. The molecule has 0 saturated carbocycles. The molecular weight excluding hydrogens is 369 g/mol. The zero-order valence-corrected chi connectivity index (χ0v) is 16.9. The number of carbonyl (C=O) groups excluding carboxylic acids is 2. The molecule has 2 rings (SSSR count). The van der Waals surface area contributed by atoms with Gasteiger partial charge >= 0.3 is 6.09 Å². The van der Waals surface area contributed by atoms with Crippen molar-refractivity contribution < 1.29 is 18.7 Å². The summed E-state index contributed by atoms with van der Waals surface area (Å²) >= 11 is 1.15. The maximum Gasteiger partial charge on any atom is 0.408 e. The molecule has 0 saturated heterocycles. The molecule has 0 aliphatic rings. The lowest BCUT2D eigenvalue weighted by Crippen LogP contribution is -2.34. The van der Waals surface area contributed by atoms with Crippen LogP contribution < -0.4 is 11.1 Å². The van der Waals surface area contributed by atoms with Gasteiger partial charge in [-0.1, -0.05) is 11.8 Å². The number of nitrogens with zero attached hydrogens (tertiary/aromatic N) is 1. The number of rotatable bonds is 5. The Labute approximate surface area is 162 Å². The highest BCUT2D eigenvalue weighted by Gasteiger charge is 2.21. The SMILES string of the molecule is Cc1c(F)ccc2cc([C@H](C)NC(=O)OC(C)(C)C)c(SCC(N)=O)nc12. The van der Waals surface area contributed by atoms with E-state index < -0.39 is 23.6 Å². The first-order valence-corrected chi connectivity index (χ1v) is 9.47. The molecule has 2 amide bonds. The number of pyridine rings is 1. The smallest absolute Gasteiger partial charge is 0.408 e. The Morgan fingerprint density at radius 3 is 2.63 bits per heavy atom. The van der Waals surface area contributed by atoms with E-state index in [1.165, 1.54) is 6.07 Å². The number of thioether (sulfide) groups is 1. The van der Waals surface area contributed by atoms with Crippen LogP contribution in [0.1, 0.15) is 44.9 Å². The van der Waals surface area contributed by atoms with E-state index in [-0.39, 0.29) is 11.6 Å². The van der Waals surface area contributed by atoms with E-state index in [0.29, 0.717) is 21.7 Å². The van der Waals surface area contributed by atoms with Crippen LogP contribution in [0.25, 0.3) is 10.9 Å². The molecule has 27 heavy (non-hydrogen) atoms. The van der Waals surface area contributed by atoms with Crippen LogP contribution in [-0.4, -0.2) is 28.3 Å². The van der Waals surface area contributed by atoms with Gasteiger partial charge < -0.3 is 15.8 Å². The van der Waals surface area contributed by atoms with Crippen LogP contribution in [0.3, 0.4) is 0 Å². The fourth-order valence-electron chi connectivity index (χ4n) is 2.48. The van der Waals surface area contributed by atoms with Gasteiger partial charge in [-0.15, -0.1) is 0 Å². The van der Waals surface area contributed by atoms with Gasteiger partial charge in [-0.3, -0.25) is 4.79 Å². The zero-order valence-electron chi connectivity index (χ0n) is 16.1. The van der Waals surface area contributed by atoms with Gasteiger partial charge in [-0.05, 0) is 52.8 Å². The van der Waals surface area contributed by atoms with E-state index in [9.17, 15) is 14.0 Å². The minimum absolute atomic E-state index is 0.0268. The third kappa shape index (κ3) is 5.56. The van der Waals surface area contributed by atoms with E-state index in [2.05, 4.69) is 10.3 Å². The maximum atomic E-state index is 13.9. The molecule has 0 aliphatic heterocycles. The van der Waals surface area contributed by atoms with Crippen LogP contribution in [-0.2, 0) is 9.53 Å². The van der Waals surface area contributed by atoms with Crippen molar-refractivity contribution in [1.29, 1.82) is 0 Å². The van der Waals surface area contributed by atoms with Gasteiger partial charge in [0.25, 0.3) is 0 Å². The Hall–Kier alpha value is -2.35.